The number of benzene rings is 2. The Kier molecular flexibility index (Phi) is 5.05. The van der Waals surface area contributed by atoms with Gasteiger partial charge in [0, 0.05) is 28.0 Å². The molecule has 0 atom stereocenters. The van der Waals surface area contributed by atoms with E-state index in [-0.39, 0.29) is 10.6 Å². The fourth-order valence-electron chi connectivity index (χ4n) is 1.86. The fourth-order valence-corrected chi connectivity index (χ4v) is 2.85. The lowest BCUT2D eigenvalue weighted by Crippen LogP contribution is -1.96. The number of hydrogen-bond acceptors (Lipinski definition) is 5. The first-order chi connectivity index (χ1) is 10.1. The Hall–Kier alpha value is -2.21. The molecule has 0 unspecified atom stereocenters. The molecule has 0 aliphatic heterocycles. The Morgan fingerprint density at radius 1 is 1.29 bits per heavy atom. The zero-order valence-corrected chi connectivity index (χ0v) is 12.4. The summed E-state index contributed by atoms with van der Waals surface area (Å²) in [6.07, 6.45) is 0. The molecule has 2 aromatic rings. The molecule has 6 heteroatoms. The average molecular weight is 304 g/mol. The van der Waals surface area contributed by atoms with Gasteiger partial charge in [-0.2, -0.15) is 0 Å². The molecule has 2 aromatic carbocycles. The molecule has 0 saturated carbocycles. The molecule has 0 spiro atoms. The van der Waals surface area contributed by atoms with Crippen LogP contribution < -0.4 is 10.5 Å². The third-order valence-electron chi connectivity index (χ3n) is 2.87. The SMILES string of the molecule is CCOc1ccc(N)c(SCc2ccccc2[N+](=O)[O-])c1. The summed E-state index contributed by atoms with van der Waals surface area (Å²) in [4.78, 5) is 11.5. The minimum absolute atomic E-state index is 0.129. The second-order valence-electron chi connectivity index (χ2n) is 4.31. The highest BCUT2D eigenvalue weighted by atomic mass is 32.2. The monoisotopic (exact) mass is 304 g/mol. The summed E-state index contributed by atoms with van der Waals surface area (Å²) in [6, 6.07) is 12.2. The number of nitrogen functional groups attached to an aromatic ring is 1. The molecule has 0 aliphatic rings. The molecule has 0 amide bonds. The number of hydrogen-bond donors (Lipinski definition) is 1. The van der Waals surface area contributed by atoms with Gasteiger partial charge in [-0.1, -0.05) is 18.2 Å². The van der Waals surface area contributed by atoms with Crippen LogP contribution in [0.4, 0.5) is 11.4 Å². The van der Waals surface area contributed by atoms with Crippen molar-refractivity contribution >= 4 is 23.1 Å². The molecule has 0 aromatic heterocycles. The van der Waals surface area contributed by atoms with Crippen molar-refractivity contribution in [1.29, 1.82) is 0 Å². The molecule has 0 bridgehead atoms. The van der Waals surface area contributed by atoms with Crippen LogP contribution in [0.5, 0.6) is 5.75 Å². The maximum Gasteiger partial charge on any atom is 0.273 e. The molecule has 0 saturated heterocycles. The topological polar surface area (TPSA) is 78.4 Å². The second-order valence-corrected chi connectivity index (χ2v) is 5.32. The Morgan fingerprint density at radius 3 is 2.76 bits per heavy atom. The van der Waals surface area contributed by atoms with Crippen LogP contribution >= 0.6 is 11.8 Å². The Bertz CT molecular complexity index is 647. The summed E-state index contributed by atoms with van der Waals surface area (Å²) in [5.74, 6) is 1.23. The highest BCUT2D eigenvalue weighted by molar-refractivity contribution is 7.98. The van der Waals surface area contributed by atoms with E-state index < -0.39 is 0 Å². The van der Waals surface area contributed by atoms with Crippen molar-refractivity contribution in [1.82, 2.24) is 0 Å². The van der Waals surface area contributed by atoms with Crippen molar-refractivity contribution in [2.75, 3.05) is 12.3 Å². The van der Waals surface area contributed by atoms with Crippen LogP contribution in [0.3, 0.4) is 0 Å². The second kappa shape index (κ2) is 6.99. The third kappa shape index (κ3) is 3.88. The average Bonchev–Trinajstić information content (AvgIpc) is 2.48. The van der Waals surface area contributed by atoms with Gasteiger partial charge in [0.15, 0.2) is 0 Å². The van der Waals surface area contributed by atoms with Crippen molar-refractivity contribution < 1.29 is 9.66 Å². The Labute approximate surface area is 127 Å². The summed E-state index contributed by atoms with van der Waals surface area (Å²) in [6.45, 7) is 2.49. The van der Waals surface area contributed by atoms with Crippen LogP contribution in [-0.4, -0.2) is 11.5 Å². The van der Waals surface area contributed by atoms with Crippen LogP contribution in [0.15, 0.2) is 47.4 Å². The number of nitrogens with zero attached hydrogens (tertiary/aromatic N) is 1. The molecule has 0 fully saturated rings. The maximum atomic E-state index is 11.0. The van der Waals surface area contributed by atoms with Gasteiger partial charge < -0.3 is 10.5 Å². The molecule has 0 radical (unpaired) electrons. The Morgan fingerprint density at radius 2 is 2.05 bits per heavy atom. The van der Waals surface area contributed by atoms with Gasteiger partial charge in [0.25, 0.3) is 5.69 Å². The van der Waals surface area contributed by atoms with E-state index >= 15 is 0 Å². The molecule has 0 aliphatic carbocycles. The van der Waals surface area contributed by atoms with Gasteiger partial charge in [-0.05, 0) is 25.1 Å². The highest BCUT2D eigenvalue weighted by Gasteiger charge is 2.13. The number of nitro benzene ring substituents is 1. The Balaban J connectivity index is 2.16. The van der Waals surface area contributed by atoms with Gasteiger partial charge in [0.2, 0.25) is 0 Å². The van der Waals surface area contributed by atoms with Crippen LogP contribution in [0, 0.1) is 10.1 Å². The van der Waals surface area contributed by atoms with E-state index in [4.69, 9.17) is 10.5 Å². The van der Waals surface area contributed by atoms with Crippen LogP contribution in [0.25, 0.3) is 0 Å². The van der Waals surface area contributed by atoms with E-state index in [1.807, 2.05) is 19.1 Å². The maximum absolute atomic E-state index is 11.0. The molecule has 110 valence electrons. The largest absolute Gasteiger partial charge is 0.494 e. The van der Waals surface area contributed by atoms with Crippen LogP contribution in [0.2, 0.25) is 0 Å². The number of anilines is 1. The molecular weight excluding hydrogens is 288 g/mol. The lowest BCUT2D eigenvalue weighted by atomic mass is 10.2. The van der Waals surface area contributed by atoms with E-state index in [2.05, 4.69) is 0 Å². The summed E-state index contributed by atoms with van der Waals surface area (Å²) >= 11 is 1.46. The van der Waals surface area contributed by atoms with Gasteiger partial charge in [0.05, 0.1) is 11.5 Å². The number of nitro groups is 1. The van der Waals surface area contributed by atoms with E-state index in [1.165, 1.54) is 17.8 Å². The predicted octanol–water partition coefficient (Wildman–Crippen LogP) is 3.87. The first-order valence-electron chi connectivity index (χ1n) is 6.49. The van der Waals surface area contributed by atoms with Gasteiger partial charge >= 0.3 is 0 Å². The zero-order chi connectivity index (χ0) is 15.2. The number of rotatable bonds is 6. The van der Waals surface area contributed by atoms with Crippen molar-refractivity contribution in [3.05, 3.63) is 58.1 Å². The minimum atomic E-state index is -0.365. The number of thioether (sulfide) groups is 1. The van der Waals surface area contributed by atoms with Crippen LogP contribution in [0.1, 0.15) is 12.5 Å². The van der Waals surface area contributed by atoms with E-state index in [0.29, 0.717) is 23.6 Å². The fraction of sp³-hybridized carbons (Fsp3) is 0.200. The molecular formula is C15H16N2O3S. The zero-order valence-electron chi connectivity index (χ0n) is 11.6. The third-order valence-corrected chi connectivity index (χ3v) is 3.99. The molecule has 0 heterocycles. The van der Waals surface area contributed by atoms with Gasteiger partial charge in [-0.3, -0.25) is 10.1 Å². The number of ether oxygens (including phenoxy) is 1. The number of nitrogens with two attached hydrogens (primary N) is 1. The predicted molar refractivity (Wildman–Crippen MR) is 84.7 cm³/mol. The molecule has 2 rings (SSSR count). The quantitative estimate of drug-likeness (QED) is 0.379. The van der Waals surface area contributed by atoms with Crippen molar-refractivity contribution in [3.63, 3.8) is 0 Å². The van der Waals surface area contributed by atoms with Crippen molar-refractivity contribution in [2.45, 2.75) is 17.6 Å². The first kappa shape index (κ1) is 15.2. The van der Waals surface area contributed by atoms with Crippen molar-refractivity contribution in [3.8, 4) is 5.75 Å². The normalized spacial score (nSPS) is 10.3. The lowest BCUT2D eigenvalue weighted by molar-refractivity contribution is -0.385. The summed E-state index contributed by atoms with van der Waals surface area (Å²) < 4.78 is 5.44. The summed E-state index contributed by atoms with van der Waals surface area (Å²) in [5, 5.41) is 11.0. The standard InChI is InChI=1S/C15H16N2O3S/c1-2-20-12-7-8-13(16)15(9-12)21-10-11-5-3-4-6-14(11)17(18)19/h3-9H,2,10,16H2,1H3. The van der Waals surface area contributed by atoms with E-state index in [1.54, 1.807) is 24.3 Å². The number of para-hydroxylation sites is 1. The van der Waals surface area contributed by atoms with Crippen molar-refractivity contribution in [2.24, 2.45) is 0 Å². The molecule has 2 N–H and O–H groups in total. The van der Waals surface area contributed by atoms with Gasteiger partial charge in [0.1, 0.15) is 5.75 Å². The molecule has 21 heavy (non-hydrogen) atoms. The highest BCUT2D eigenvalue weighted by Crippen LogP contribution is 2.33. The van der Waals surface area contributed by atoms with Gasteiger partial charge in [-0.15, -0.1) is 11.8 Å². The first-order valence-corrected chi connectivity index (χ1v) is 7.47. The lowest BCUT2D eigenvalue weighted by Gasteiger charge is -2.09. The van der Waals surface area contributed by atoms with E-state index in [9.17, 15) is 10.1 Å². The summed E-state index contributed by atoms with van der Waals surface area (Å²) in [7, 11) is 0. The van der Waals surface area contributed by atoms with Gasteiger partial charge in [-0.25, -0.2) is 0 Å². The minimum Gasteiger partial charge on any atom is -0.494 e. The van der Waals surface area contributed by atoms with E-state index in [0.717, 1.165) is 10.6 Å². The van der Waals surface area contributed by atoms with Crippen LogP contribution in [-0.2, 0) is 5.75 Å². The summed E-state index contributed by atoms with van der Waals surface area (Å²) in [5.41, 5.74) is 7.38. The molecule has 5 nitrogen and oxygen atoms in total. The smallest absolute Gasteiger partial charge is 0.273 e.